The van der Waals surface area contributed by atoms with Crippen LogP contribution >= 0.6 is 11.6 Å². The molecule has 0 radical (unpaired) electrons. The van der Waals surface area contributed by atoms with Crippen molar-refractivity contribution in [3.63, 3.8) is 0 Å². The topological polar surface area (TPSA) is 101 Å². The molecule has 1 heterocycles. The number of aliphatic carboxylic acids is 1. The average Bonchev–Trinajstić information content (AvgIpc) is 2.81. The number of nitro benzene ring substituents is 1. The smallest absolute Gasteiger partial charge is 0.329 e. The van der Waals surface area contributed by atoms with Gasteiger partial charge in [-0.25, -0.2) is 4.79 Å². The molecule has 21 heavy (non-hydrogen) atoms. The molecule has 0 aliphatic carbocycles. The Kier molecular flexibility index (Phi) is 3.87. The highest BCUT2D eigenvalue weighted by atomic mass is 35.5. The van der Waals surface area contributed by atoms with Gasteiger partial charge in [-0.1, -0.05) is 11.6 Å². The van der Waals surface area contributed by atoms with Crippen LogP contribution in [-0.4, -0.2) is 38.9 Å². The maximum Gasteiger partial charge on any atom is 0.329 e. The van der Waals surface area contributed by atoms with E-state index in [0.717, 1.165) is 6.07 Å². The summed E-state index contributed by atoms with van der Waals surface area (Å²) in [6.45, 7) is 1.78. The van der Waals surface area contributed by atoms with E-state index in [1.165, 1.54) is 24.0 Å². The first-order valence-corrected chi connectivity index (χ1v) is 6.64. The lowest BCUT2D eigenvalue weighted by Crippen LogP contribution is -2.50. The minimum Gasteiger partial charge on any atom is -0.480 e. The normalized spacial score (nSPS) is 21.3. The predicted molar refractivity (Wildman–Crippen MR) is 74.4 cm³/mol. The summed E-state index contributed by atoms with van der Waals surface area (Å²) in [6.07, 6.45) is 0.925. The highest BCUT2D eigenvalue weighted by Crippen LogP contribution is 2.32. The summed E-state index contributed by atoms with van der Waals surface area (Å²) in [5.41, 5.74) is -1.61. The Bertz CT molecular complexity index is 633. The number of likely N-dealkylation sites (tertiary alicyclic amines) is 1. The van der Waals surface area contributed by atoms with Crippen LogP contribution in [0.5, 0.6) is 0 Å². The van der Waals surface area contributed by atoms with Crippen molar-refractivity contribution in [3.05, 3.63) is 38.9 Å². The molecule has 7 nitrogen and oxygen atoms in total. The summed E-state index contributed by atoms with van der Waals surface area (Å²) in [5, 5.41) is 20.1. The van der Waals surface area contributed by atoms with Crippen LogP contribution in [0.15, 0.2) is 18.2 Å². The van der Waals surface area contributed by atoms with E-state index in [1.54, 1.807) is 0 Å². The molecule has 1 N–H and O–H groups in total. The standard InChI is InChI=1S/C13H13ClN2O5/c1-13(12(18)19)5-2-6-15(13)11(17)8-3-4-9(14)10(7-8)16(20)21/h3-4,7H,2,5-6H2,1H3,(H,18,19). The Hall–Kier alpha value is -2.15. The lowest BCUT2D eigenvalue weighted by Gasteiger charge is -2.31. The quantitative estimate of drug-likeness (QED) is 0.682. The zero-order valence-corrected chi connectivity index (χ0v) is 12.0. The van der Waals surface area contributed by atoms with Gasteiger partial charge in [0.2, 0.25) is 0 Å². The lowest BCUT2D eigenvalue weighted by atomic mass is 9.98. The molecule has 1 unspecified atom stereocenters. The van der Waals surface area contributed by atoms with Gasteiger partial charge in [-0.15, -0.1) is 0 Å². The van der Waals surface area contributed by atoms with E-state index in [9.17, 15) is 24.8 Å². The Labute approximate surface area is 125 Å². The number of nitrogens with zero attached hydrogens (tertiary/aromatic N) is 2. The van der Waals surface area contributed by atoms with Crippen LogP contribution < -0.4 is 0 Å². The number of carboxylic acid groups (broad SMARTS) is 1. The number of halogens is 1. The van der Waals surface area contributed by atoms with Crippen LogP contribution in [-0.2, 0) is 4.79 Å². The Morgan fingerprint density at radius 1 is 1.48 bits per heavy atom. The molecule has 1 aromatic rings. The Morgan fingerprint density at radius 3 is 2.71 bits per heavy atom. The van der Waals surface area contributed by atoms with Gasteiger partial charge in [-0.05, 0) is 31.9 Å². The summed E-state index contributed by atoms with van der Waals surface area (Å²) in [4.78, 5) is 35.2. The monoisotopic (exact) mass is 312 g/mol. The molecule has 8 heteroatoms. The third kappa shape index (κ3) is 2.56. The van der Waals surface area contributed by atoms with Crippen LogP contribution in [0.1, 0.15) is 30.1 Å². The van der Waals surface area contributed by atoms with Crippen LogP contribution in [0, 0.1) is 10.1 Å². The molecule has 0 bridgehead atoms. The summed E-state index contributed by atoms with van der Waals surface area (Å²) in [7, 11) is 0. The van der Waals surface area contributed by atoms with E-state index in [4.69, 9.17) is 11.6 Å². The second kappa shape index (κ2) is 5.33. The maximum absolute atomic E-state index is 12.5. The van der Waals surface area contributed by atoms with Gasteiger partial charge in [0.15, 0.2) is 0 Å². The third-order valence-corrected chi connectivity index (χ3v) is 4.06. The Balaban J connectivity index is 2.39. The fourth-order valence-electron chi connectivity index (χ4n) is 2.45. The van der Waals surface area contributed by atoms with Crippen molar-refractivity contribution in [2.75, 3.05) is 6.54 Å². The molecular formula is C13H13ClN2O5. The number of hydrogen-bond donors (Lipinski definition) is 1. The van der Waals surface area contributed by atoms with Crippen molar-refractivity contribution in [2.24, 2.45) is 0 Å². The molecule has 1 amide bonds. The van der Waals surface area contributed by atoms with Gasteiger partial charge in [0.1, 0.15) is 10.6 Å². The number of hydrogen-bond acceptors (Lipinski definition) is 4. The van der Waals surface area contributed by atoms with Crippen molar-refractivity contribution in [1.29, 1.82) is 0 Å². The molecule has 0 saturated carbocycles. The van der Waals surface area contributed by atoms with E-state index < -0.39 is 22.3 Å². The summed E-state index contributed by atoms with van der Waals surface area (Å²) >= 11 is 5.70. The number of nitro groups is 1. The molecule has 1 atom stereocenters. The second-order valence-electron chi connectivity index (χ2n) is 5.06. The molecule has 1 fully saturated rings. The fourth-order valence-corrected chi connectivity index (χ4v) is 2.64. The van der Waals surface area contributed by atoms with E-state index in [0.29, 0.717) is 19.4 Å². The first kappa shape index (κ1) is 15.2. The van der Waals surface area contributed by atoms with Gasteiger partial charge in [0.05, 0.1) is 4.92 Å². The summed E-state index contributed by atoms with van der Waals surface area (Å²) in [5.74, 6) is -1.63. The minimum atomic E-state index is -1.29. The first-order valence-electron chi connectivity index (χ1n) is 6.26. The van der Waals surface area contributed by atoms with Crippen LogP contribution in [0.25, 0.3) is 0 Å². The van der Waals surface area contributed by atoms with E-state index in [-0.39, 0.29) is 16.3 Å². The van der Waals surface area contributed by atoms with Crippen molar-refractivity contribution in [3.8, 4) is 0 Å². The molecule has 1 saturated heterocycles. The molecule has 1 aliphatic rings. The van der Waals surface area contributed by atoms with Crippen molar-refractivity contribution in [1.82, 2.24) is 4.90 Å². The van der Waals surface area contributed by atoms with E-state index >= 15 is 0 Å². The average molecular weight is 313 g/mol. The van der Waals surface area contributed by atoms with E-state index in [2.05, 4.69) is 0 Å². The lowest BCUT2D eigenvalue weighted by molar-refractivity contribution is -0.384. The number of carbonyl (C=O) groups excluding carboxylic acids is 1. The molecule has 0 spiro atoms. The number of carbonyl (C=O) groups is 2. The molecule has 0 aromatic heterocycles. The number of carboxylic acids is 1. The molecule has 1 aromatic carbocycles. The van der Waals surface area contributed by atoms with Gasteiger partial charge in [-0.2, -0.15) is 0 Å². The zero-order chi connectivity index (χ0) is 15.8. The summed E-state index contributed by atoms with van der Waals surface area (Å²) in [6, 6.07) is 3.70. The van der Waals surface area contributed by atoms with Crippen molar-refractivity contribution >= 4 is 29.2 Å². The molecule has 112 valence electrons. The van der Waals surface area contributed by atoms with Crippen LogP contribution in [0.3, 0.4) is 0 Å². The second-order valence-corrected chi connectivity index (χ2v) is 5.47. The molecule has 2 rings (SSSR count). The fraction of sp³-hybridized carbons (Fsp3) is 0.385. The highest BCUT2D eigenvalue weighted by Gasteiger charge is 2.46. The largest absolute Gasteiger partial charge is 0.480 e. The van der Waals surface area contributed by atoms with Crippen LogP contribution in [0.2, 0.25) is 5.02 Å². The van der Waals surface area contributed by atoms with Crippen molar-refractivity contribution in [2.45, 2.75) is 25.3 Å². The van der Waals surface area contributed by atoms with Crippen LogP contribution in [0.4, 0.5) is 5.69 Å². The van der Waals surface area contributed by atoms with E-state index in [1.807, 2.05) is 0 Å². The van der Waals surface area contributed by atoms with Gasteiger partial charge >= 0.3 is 5.97 Å². The zero-order valence-electron chi connectivity index (χ0n) is 11.2. The van der Waals surface area contributed by atoms with Gasteiger partial charge in [-0.3, -0.25) is 14.9 Å². The summed E-state index contributed by atoms with van der Waals surface area (Å²) < 4.78 is 0. The van der Waals surface area contributed by atoms with Gasteiger partial charge in [0, 0.05) is 18.2 Å². The number of benzene rings is 1. The minimum absolute atomic E-state index is 0.0560. The molecule has 1 aliphatic heterocycles. The Morgan fingerprint density at radius 2 is 2.14 bits per heavy atom. The number of amides is 1. The predicted octanol–water partition coefficient (Wildman–Crippen LogP) is 2.33. The number of rotatable bonds is 3. The highest BCUT2D eigenvalue weighted by molar-refractivity contribution is 6.32. The SMILES string of the molecule is CC1(C(=O)O)CCCN1C(=O)c1ccc(Cl)c([N+](=O)[O-])c1. The van der Waals surface area contributed by atoms with Gasteiger partial charge < -0.3 is 10.0 Å². The first-order chi connectivity index (χ1) is 9.77. The third-order valence-electron chi connectivity index (χ3n) is 3.74. The van der Waals surface area contributed by atoms with Gasteiger partial charge in [0.25, 0.3) is 11.6 Å². The molecular weight excluding hydrogens is 300 g/mol. The maximum atomic E-state index is 12.5. The van der Waals surface area contributed by atoms with Crippen molar-refractivity contribution < 1.29 is 19.6 Å².